The van der Waals surface area contributed by atoms with E-state index in [9.17, 15) is 14.4 Å². The van der Waals surface area contributed by atoms with Crippen molar-refractivity contribution in [3.63, 3.8) is 0 Å². The van der Waals surface area contributed by atoms with Gasteiger partial charge in [0, 0.05) is 27.1 Å². The molecule has 35 heavy (non-hydrogen) atoms. The molecule has 0 aliphatic rings. The summed E-state index contributed by atoms with van der Waals surface area (Å²) in [5.74, 6) is -1.24. The van der Waals surface area contributed by atoms with Crippen LogP contribution in [0.25, 0.3) is 11.1 Å². The summed E-state index contributed by atoms with van der Waals surface area (Å²) in [6.07, 6.45) is -0.505. The second kappa shape index (κ2) is 12.4. The molecule has 0 aromatic heterocycles. The van der Waals surface area contributed by atoms with Crippen molar-refractivity contribution in [2.75, 3.05) is 20.6 Å². The first kappa shape index (κ1) is 25.5. The topological polar surface area (TPSA) is 98.7 Å². The van der Waals surface area contributed by atoms with Crippen molar-refractivity contribution >= 4 is 17.9 Å². The van der Waals surface area contributed by atoms with Gasteiger partial charge in [0.05, 0.1) is 5.92 Å². The van der Waals surface area contributed by atoms with E-state index in [1.165, 1.54) is 11.9 Å². The van der Waals surface area contributed by atoms with Gasteiger partial charge in [0.2, 0.25) is 11.8 Å². The summed E-state index contributed by atoms with van der Waals surface area (Å²) in [4.78, 5) is 38.8. The van der Waals surface area contributed by atoms with Crippen molar-refractivity contribution in [2.24, 2.45) is 5.92 Å². The Balaban J connectivity index is 1.79. The largest absolute Gasteiger partial charge is 0.465 e. The molecule has 2 atom stereocenters. The molecule has 0 fully saturated rings. The lowest BCUT2D eigenvalue weighted by Crippen LogP contribution is -2.51. The van der Waals surface area contributed by atoms with Crippen LogP contribution in [-0.4, -0.2) is 54.6 Å². The van der Waals surface area contributed by atoms with Gasteiger partial charge in [-0.15, -0.1) is 0 Å². The maximum absolute atomic E-state index is 13.5. The Morgan fingerprint density at radius 2 is 1.34 bits per heavy atom. The number of hydrogen-bond acceptors (Lipinski definition) is 3. The van der Waals surface area contributed by atoms with E-state index >= 15 is 0 Å². The van der Waals surface area contributed by atoms with Gasteiger partial charge in [-0.1, -0.05) is 84.9 Å². The standard InChI is InChI=1S/C28H31N3O4/c1-29-26(32)25(18-20-9-5-3-6-10-20)31(2)27(33)24(19-30-28(34)35)17-21-13-15-23(16-14-21)22-11-7-4-8-12-22/h3-16,24-25,30H,17-19H2,1-2H3,(H,29,32)(H,34,35)/t24-,25-/m1/s1. The summed E-state index contributed by atoms with van der Waals surface area (Å²) in [6.45, 7) is -0.0508. The molecule has 3 N–H and O–H groups in total. The van der Waals surface area contributed by atoms with Gasteiger partial charge in [0.25, 0.3) is 0 Å². The van der Waals surface area contributed by atoms with Crippen molar-refractivity contribution in [2.45, 2.75) is 18.9 Å². The normalized spacial score (nSPS) is 12.3. The number of nitrogens with zero attached hydrogens (tertiary/aromatic N) is 1. The number of likely N-dealkylation sites (N-methyl/N-ethyl adjacent to an activating group) is 2. The molecule has 0 radical (unpaired) electrons. The number of carbonyl (C=O) groups is 3. The SMILES string of the molecule is CNC(=O)[C@@H](Cc1ccccc1)N(C)C(=O)[C@@H](CNC(=O)O)Cc1ccc(-c2ccccc2)cc1. The maximum atomic E-state index is 13.5. The van der Waals surface area contributed by atoms with E-state index < -0.39 is 18.1 Å². The van der Waals surface area contributed by atoms with Crippen molar-refractivity contribution in [1.29, 1.82) is 0 Å². The van der Waals surface area contributed by atoms with Gasteiger partial charge in [-0.3, -0.25) is 9.59 Å². The van der Waals surface area contributed by atoms with Crippen LogP contribution in [0.2, 0.25) is 0 Å². The Morgan fingerprint density at radius 3 is 1.91 bits per heavy atom. The quantitative estimate of drug-likeness (QED) is 0.419. The molecule has 0 spiro atoms. The summed E-state index contributed by atoms with van der Waals surface area (Å²) in [7, 11) is 3.13. The second-order valence-corrected chi connectivity index (χ2v) is 8.42. The molecule has 3 aromatic rings. The zero-order valence-corrected chi connectivity index (χ0v) is 20.0. The highest BCUT2D eigenvalue weighted by molar-refractivity contribution is 5.89. The highest BCUT2D eigenvalue weighted by atomic mass is 16.4. The van der Waals surface area contributed by atoms with Crippen LogP contribution in [0, 0.1) is 5.92 Å². The zero-order valence-electron chi connectivity index (χ0n) is 20.0. The van der Waals surface area contributed by atoms with E-state index in [1.54, 1.807) is 7.05 Å². The van der Waals surface area contributed by atoms with Crippen LogP contribution in [0.5, 0.6) is 0 Å². The van der Waals surface area contributed by atoms with Crippen LogP contribution in [0.1, 0.15) is 11.1 Å². The van der Waals surface area contributed by atoms with E-state index in [0.29, 0.717) is 12.8 Å². The summed E-state index contributed by atoms with van der Waals surface area (Å²) < 4.78 is 0. The predicted molar refractivity (Wildman–Crippen MR) is 136 cm³/mol. The Hall–Kier alpha value is -4.13. The monoisotopic (exact) mass is 473 g/mol. The highest BCUT2D eigenvalue weighted by Crippen LogP contribution is 2.21. The number of hydrogen-bond donors (Lipinski definition) is 3. The molecule has 0 saturated heterocycles. The van der Waals surface area contributed by atoms with Crippen molar-refractivity contribution in [3.05, 3.63) is 96.1 Å². The Morgan fingerprint density at radius 1 is 0.800 bits per heavy atom. The molecule has 3 rings (SSSR count). The number of amides is 3. The van der Waals surface area contributed by atoms with E-state index in [-0.39, 0.29) is 18.4 Å². The average molecular weight is 474 g/mol. The summed E-state index contributed by atoms with van der Waals surface area (Å²) in [6, 6.07) is 26.6. The molecule has 7 nitrogen and oxygen atoms in total. The lowest BCUT2D eigenvalue weighted by molar-refractivity contribution is -0.141. The Labute approximate surface area is 205 Å². The first-order chi connectivity index (χ1) is 16.9. The second-order valence-electron chi connectivity index (χ2n) is 8.42. The van der Waals surface area contributed by atoms with Gasteiger partial charge < -0.3 is 20.6 Å². The molecular formula is C28H31N3O4. The van der Waals surface area contributed by atoms with Gasteiger partial charge in [-0.2, -0.15) is 0 Å². The number of carboxylic acid groups (broad SMARTS) is 1. The minimum Gasteiger partial charge on any atom is -0.465 e. The van der Waals surface area contributed by atoms with Gasteiger partial charge in [0.1, 0.15) is 6.04 Å². The molecule has 0 heterocycles. The van der Waals surface area contributed by atoms with Crippen LogP contribution >= 0.6 is 0 Å². The van der Waals surface area contributed by atoms with Crippen molar-refractivity contribution in [1.82, 2.24) is 15.5 Å². The number of nitrogens with one attached hydrogen (secondary N) is 2. The fourth-order valence-corrected chi connectivity index (χ4v) is 4.06. The lowest BCUT2D eigenvalue weighted by atomic mass is 9.94. The van der Waals surface area contributed by atoms with Crippen molar-refractivity contribution < 1.29 is 19.5 Å². The third kappa shape index (κ3) is 7.17. The predicted octanol–water partition coefficient (Wildman–Crippen LogP) is 3.60. The number of benzene rings is 3. The van der Waals surface area contributed by atoms with Gasteiger partial charge >= 0.3 is 6.09 Å². The molecule has 0 aliphatic heterocycles. The maximum Gasteiger partial charge on any atom is 0.404 e. The van der Waals surface area contributed by atoms with E-state index in [1.807, 2.05) is 84.9 Å². The molecule has 7 heteroatoms. The smallest absolute Gasteiger partial charge is 0.404 e. The third-order valence-corrected chi connectivity index (χ3v) is 6.03. The zero-order chi connectivity index (χ0) is 25.2. The molecule has 182 valence electrons. The van der Waals surface area contributed by atoms with E-state index in [2.05, 4.69) is 10.6 Å². The summed E-state index contributed by atoms with van der Waals surface area (Å²) in [5.41, 5.74) is 3.98. The van der Waals surface area contributed by atoms with Crippen molar-refractivity contribution in [3.8, 4) is 11.1 Å². The van der Waals surface area contributed by atoms with E-state index in [4.69, 9.17) is 5.11 Å². The van der Waals surface area contributed by atoms with Gasteiger partial charge in [-0.05, 0) is 28.7 Å². The Kier molecular flexibility index (Phi) is 9.01. The first-order valence-electron chi connectivity index (χ1n) is 11.5. The van der Waals surface area contributed by atoms with Gasteiger partial charge in [-0.25, -0.2) is 4.79 Å². The number of carbonyl (C=O) groups excluding carboxylic acids is 2. The minimum absolute atomic E-state index is 0.0508. The molecule has 3 aromatic carbocycles. The minimum atomic E-state index is -1.20. The third-order valence-electron chi connectivity index (χ3n) is 6.03. The fraction of sp³-hybridized carbons (Fsp3) is 0.250. The average Bonchev–Trinajstić information content (AvgIpc) is 2.89. The Bertz CT molecular complexity index is 1120. The molecule has 0 aliphatic carbocycles. The lowest BCUT2D eigenvalue weighted by Gasteiger charge is -2.30. The molecule has 0 saturated carbocycles. The first-order valence-corrected chi connectivity index (χ1v) is 11.5. The molecule has 0 bridgehead atoms. The molecular weight excluding hydrogens is 442 g/mol. The summed E-state index contributed by atoms with van der Waals surface area (Å²) in [5, 5.41) is 14.1. The number of rotatable bonds is 10. The van der Waals surface area contributed by atoms with E-state index in [0.717, 1.165) is 22.3 Å². The molecule has 0 unspecified atom stereocenters. The van der Waals surface area contributed by atoms with Crippen LogP contribution in [0.4, 0.5) is 4.79 Å². The van der Waals surface area contributed by atoms with Crippen LogP contribution in [-0.2, 0) is 22.4 Å². The van der Waals surface area contributed by atoms with Crippen LogP contribution in [0.3, 0.4) is 0 Å². The molecule has 3 amide bonds. The summed E-state index contributed by atoms with van der Waals surface area (Å²) >= 11 is 0. The van der Waals surface area contributed by atoms with Crippen LogP contribution in [0.15, 0.2) is 84.9 Å². The van der Waals surface area contributed by atoms with Gasteiger partial charge in [0.15, 0.2) is 0 Å². The highest BCUT2D eigenvalue weighted by Gasteiger charge is 2.31. The fourth-order valence-electron chi connectivity index (χ4n) is 4.06. The van der Waals surface area contributed by atoms with Crippen LogP contribution < -0.4 is 10.6 Å².